The molecule has 2 N–H and O–H groups in total. The minimum atomic E-state index is -1.02. The molecule has 214 valence electrons. The van der Waals surface area contributed by atoms with E-state index in [2.05, 4.69) is 19.2 Å². The van der Waals surface area contributed by atoms with Gasteiger partial charge in [0.1, 0.15) is 29.6 Å². The van der Waals surface area contributed by atoms with Gasteiger partial charge in [0.05, 0.1) is 11.7 Å². The number of hydrogen-bond acceptors (Lipinski definition) is 5. The van der Waals surface area contributed by atoms with Gasteiger partial charge in [-0.3, -0.25) is 14.5 Å². The minimum absolute atomic E-state index is 0.0445. The summed E-state index contributed by atoms with van der Waals surface area (Å²) >= 11 is 0. The lowest BCUT2D eigenvalue weighted by Crippen LogP contribution is -2.42. The van der Waals surface area contributed by atoms with Crippen LogP contribution in [0.25, 0.3) is 0 Å². The molecule has 0 radical (unpaired) electrons. The van der Waals surface area contributed by atoms with Gasteiger partial charge in [0.25, 0.3) is 0 Å². The first-order valence-corrected chi connectivity index (χ1v) is 14.3. The molecule has 6 nitrogen and oxygen atoms in total. The SMILES string of the molecule is CCCC1(C)CC(=O)C2=C(C1)Nc1c(O)cccc1N(C(=O)C(C)C)C2c1ccc(OCc2ccccc2)cc1F. The summed E-state index contributed by atoms with van der Waals surface area (Å²) in [4.78, 5) is 29.4. The quantitative estimate of drug-likeness (QED) is 0.292. The summed E-state index contributed by atoms with van der Waals surface area (Å²) in [5.74, 6) is -1.13. The van der Waals surface area contributed by atoms with Gasteiger partial charge in [0.15, 0.2) is 5.78 Å². The Morgan fingerprint density at radius 3 is 2.56 bits per heavy atom. The van der Waals surface area contributed by atoms with E-state index in [-0.39, 0.29) is 35.0 Å². The number of phenols is 1. The highest BCUT2D eigenvalue weighted by atomic mass is 19.1. The van der Waals surface area contributed by atoms with E-state index in [1.807, 2.05) is 30.3 Å². The van der Waals surface area contributed by atoms with Crippen molar-refractivity contribution < 1.29 is 23.8 Å². The zero-order valence-electron chi connectivity index (χ0n) is 24.0. The summed E-state index contributed by atoms with van der Waals surface area (Å²) < 4.78 is 22.0. The molecule has 1 heterocycles. The lowest BCUT2D eigenvalue weighted by atomic mass is 9.70. The highest BCUT2D eigenvalue weighted by Gasteiger charge is 2.45. The highest BCUT2D eigenvalue weighted by Crippen LogP contribution is 2.52. The molecule has 0 spiro atoms. The van der Waals surface area contributed by atoms with Gasteiger partial charge in [-0.1, -0.05) is 70.5 Å². The van der Waals surface area contributed by atoms with Gasteiger partial charge in [-0.25, -0.2) is 4.39 Å². The number of ketones is 1. The molecule has 2 atom stereocenters. The van der Waals surface area contributed by atoms with Crippen LogP contribution < -0.4 is 15.0 Å². The number of nitrogens with one attached hydrogen (secondary N) is 1. The summed E-state index contributed by atoms with van der Waals surface area (Å²) in [6.07, 6.45) is 2.58. The van der Waals surface area contributed by atoms with Crippen molar-refractivity contribution >= 4 is 23.1 Å². The smallest absolute Gasteiger partial charge is 0.230 e. The Kier molecular flexibility index (Phi) is 7.89. The van der Waals surface area contributed by atoms with Crippen LogP contribution in [0.1, 0.15) is 70.5 Å². The maximum Gasteiger partial charge on any atom is 0.230 e. The first-order chi connectivity index (χ1) is 19.6. The zero-order valence-corrected chi connectivity index (χ0v) is 24.0. The monoisotopic (exact) mass is 556 g/mol. The third-order valence-electron chi connectivity index (χ3n) is 8.00. The van der Waals surface area contributed by atoms with Crippen molar-refractivity contribution in [3.8, 4) is 11.5 Å². The van der Waals surface area contributed by atoms with Gasteiger partial charge in [-0.15, -0.1) is 0 Å². The first-order valence-electron chi connectivity index (χ1n) is 14.3. The van der Waals surface area contributed by atoms with Crippen molar-refractivity contribution in [3.05, 3.63) is 94.9 Å². The zero-order chi connectivity index (χ0) is 29.3. The molecule has 5 rings (SSSR count). The van der Waals surface area contributed by atoms with Crippen molar-refractivity contribution in [2.24, 2.45) is 11.3 Å². The molecule has 1 amide bonds. The van der Waals surface area contributed by atoms with Crippen molar-refractivity contribution in [1.29, 1.82) is 0 Å². The van der Waals surface area contributed by atoms with Crippen molar-refractivity contribution in [1.82, 2.24) is 0 Å². The average molecular weight is 557 g/mol. The standard InChI is InChI=1S/C34H37FN2O4/c1-5-16-34(4)18-26-30(29(39)19-34)32(37(33(40)21(2)3)27-12-9-13-28(38)31(27)36-26)24-15-14-23(17-25(24)35)41-20-22-10-7-6-8-11-22/h6-15,17,21,32,36,38H,5,16,18-20H2,1-4H3. The van der Waals surface area contributed by atoms with Crippen LogP contribution in [-0.2, 0) is 16.2 Å². The fourth-order valence-electron chi connectivity index (χ4n) is 6.10. The molecule has 0 saturated carbocycles. The number of phenolic OH excluding ortho intramolecular Hbond substituents is 1. The second kappa shape index (κ2) is 11.4. The number of halogens is 1. The Balaban J connectivity index is 1.66. The van der Waals surface area contributed by atoms with E-state index in [0.29, 0.717) is 41.2 Å². The number of allylic oxidation sites excluding steroid dienone is 1. The molecule has 0 fully saturated rings. The maximum atomic E-state index is 16.1. The molecule has 2 unspecified atom stereocenters. The van der Waals surface area contributed by atoms with E-state index < -0.39 is 17.8 Å². The van der Waals surface area contributed by atoms with Gasteiger partial charge in [0, 0.05) is 35.2 Å². The summed E-state index contributed by atoms with van der Waals surface area (Å²) in [5, 5.41) is 14.2. The van der Waals surface area contributed by atoms with Crippen LogP contribution >= 0.6 is 0 Å². The number of aromatic hydroxyl groups is 1. The number of anilines is 2. The molecule has 7 heteroatoms. The number of nitrogens with zero attached hydrogens (tertiary/aromatic N) is 1. The van der Waals surface area contributed by atoms with Gasteiger partial charge >= 0.3 is 0 Å². The Morgan fingerprint density at radius 2 is 1.88 bits per heavy atom. The third kappa shape index (κ3) is 5.58. The lowest BCUT2D eigenvalue weighted by molar-refractivity contribution is -0.122. The highest BCUT2D eigenvalue weighted by molar-refractivity contribution is 6.07. The average Bonchev–Trinajstić information content (AvgIpc) is 3.07. The van der Waals surface area contributed by atoms with Gasteiger partial charge in [-0.05, 0) is 48.1 Å². The van der Waals surface area contributed by atoms with Crippen LogP contribution in [0.15, 0.2) is 78.0 Å². The molecule has 0 bridgehead atoms. The van der Waals surface area contributed by atoms with Crippen LogP contribution in [0.5, 0.6) is 11.5 Å². The number of para-hydroxylation sites is 1. The fraction of sp³-hybridized carbons (Fsp3) is 0.353. The fourth-order valence-corrected chi connectivity index (χ4v) is 6.10. The van der Waals surface area contributed by atoms with E-state index in [0.717, 1.165) is 18.4 Å². The topological polar surface area (TPSA) is 78.9 Å². The molecule has 1 aliphatic carbocycles. The van der Waals surface area contributed by atoms with E-state index in [4.69, 9.17) is 4.74 Å². The summed E-state index contributed by atoms with van der Waals surface area (Å²) in [7, 11) is 0. The molecule has 0 saturated heterocycles. The van der Waals surface area contributed by atoms with Crippen LogP contribution in [-0.4, -0.2) is 16.8 Å². The molecule has 41 heavy (non-hydrogen) atoms. The molecule has 3 aromatic carbocycles. The van der Waals surface area contributed by atoms with Crippen molar-refractivity contribution in [2.75, 3.05) is 10.2 Å². The first kappa shape index (κ1) is 28.4. The van der Waals surface area contributed by atoms with Gasteiger partial charge < -0.3 is 15.2 Å². The molecule has 1 aliphatic heterocycles. The number of benzene rings is 3. The summed E-state index contributed by atoms with van der Waals surface area (Å²) in [6, 6.07) is 18.1. The molecular weight excluding hydrogens is 519 g/mol. The number of amides is 1. The van der Waals surface area contributed by atoms with Gasteiger partial charge in [0.2, 0.25) is 5.91 Å². The van der Waals surface area contributed by atoms with Crippen LogP contribution in [0.2, 0.25) is 0 Å². The van der Waals surface area contributed by atoms with E-state index >= 15 is 4.39 Å². The van der Waals surface area contributed by atoms with Crippen LogP contribution in [0, 0.1) is 17.2 Å². The second-order valence-electron chi connectivity index (χ2n) is 11.7. The third-order valence-corrected chi connectivity index (χ3v) is 8.00. The normalized spacial score (nSPS) is 20.3. The molecule has 3 aromatic rings. The summed E-state index contributed by atoms with van der Waals surface area (Å²) in [6.45, 7) is 7.99. The number of carbonyl (C=O) groups is 2. The Bertz CT molecular complexity index is 1500. The second-order valence-corrected chi connectivity index (χ2v) is 11.7. The molecular formula is C34H37FN2O4. The predicted octanol–water partition coefficient (Wildman–Crippen LogP) is 7.69. The number of ether oxygens (including phenoxy) is 1. The van der Waals surface area contributed by atoms with E-state index in [9.17, 15) is 14.7 Å². The van der Waals surface area contributed by atoms with Crippen molar-refractivity contribution in [3.63, 3.8) is 0 Å². The van der Waals surface area contributed by atoms with E-state index in [1.54, 1.807) is 44.2 Å². The number of hydrogen-bond donors (Lipinski definition) is 2. The molecule has 0 aromatic heterocycles. The van der Waals surface area contributed by atoms with Crippen LogP contribution in [0.4, 0.5) is 15.8 Å². The number of fused-ring (bicyclic) bond motifs is 1. The Morgan fingerprint density at radius 1 is 1.12 bits per heavy atom. The van der Waals surface area contributed by atoms with Crippen LogP contribution in [0.3, 0.4) is 0 Å². The summed E-state index contributed by atoms with van der Waals surface area (Å²) in [5.41, 5.74) is 2.58. The van der Waals surface area contributed by atoms with Crippen molar-refractivity contribution in [2.45, 2.75) is 66.0 Å². The largest absolute Gasteiger partial charge is 0.506 e. The Hall–Kier alpha value is -4.13. The predicted molar refractivity (Wildman–Crippen MR) is 158 cm³/mol. The van der Waals surface area contributed by atoms with Gasteiger partial charge in [-0.2, -0.15) is 0 Å². The lowest BCUT2D eigenvalue weighted by Gasteiger charge is -2.39. The maximum absolute atomic E-state index is 16.1. The molecule has 2 aliphatic rings. The number of carbonyl (C=O) groups excluding carboxylic acids is 2. The Labute approximate surface area is 240 Å². The number of rotatable bonds is 7. The minimum Gasteiger partial charge on any atom is -0.506 e. The number of Topliss-reactive ketones (excluding diaryl/α,β-unsaturated/α-hetero) is 1. The van der Waals surface area contributed by atoms with E-state index in [1.165, 1.54) is 11.0 Å².